The molecule has 2 aromatic carbocycles. The van der Waals surface area contributed by atoms with Crippen LogP contribution in [0.5, 0.6) is 0 Å². The predicted octanol–water partition coefficient (Wildman–Crippen LogP) is 3.94. The number of hydrogen-bond acceptors (Lipinski definition) is 3. The van der Waals surface area contributed by atoms with Crippen molar-refractivity contribution in [1.82, 2.24) is 4.31 Å². The molecule has 5 heteroatoms. The maximum Gasteiger partial charge on any atom is 0.243 e. The number of thioether (sulfide) groups is 1. The van der Waals surface area contributed by atoms with Crippen molar-refractivity contribution in [2.75, 3.05) is 12.3 Å². The van der Waals surface area contributed by atoms with Crippen LogP contribution in [-0.4, -0.2) is 31.1 Å². The van der Waals surface area contributed by atoms with Gasteiger partial charge in [0, 0.05) is 23.2 Å². The van der Waals surface area contributed by atoms with Gasteiger partial charge in [0.15, 0.2) is 0 Å². The highest BCUT2D eigenvalue weighted by atomic mass is 32.2. The lowest BCUT2D eigenvalue weighted by atomic mass is 10.2. The van der Waals surface area contributed by atoms with E-state index in [0.717, 1.165) is 24.2 Å². The smallest absolute Gasteiger partial charge is 0.207 e. The Morgan fingerprint density at radius 1 is 1.09 bits per heavy atom. The molecule has 0 bridgehead atoms. The van der Waals surface area contributed by atoms with E-state index in [9.17, 15) is 8.42 Å². The van der Waals surface area contributed by atoms with Crippen molar-refractivity contribution < 1.29 is 8.42 Å². The SMILES string of the molecule is Cc1ccc(S(=O)(=O)N2CCCC2CSc2ccccc2)cc1. The molecule has 1 aliphatic heterocycles. The van der Waals surface area contributed by atoms with Crippen LogP contribution in [0.3, 0.4) is 0 Å². The Kier molecular flexibility index (Phi) is 5.09. The van der Waals surface area contributed by atoms with E-state index in [2.05, 4.69) is 12.1 Å². The van der Waals surface area contributed by atoms with Gasteiger partial charge in [-0.25, -0.2) is 8.42 Å². The van der Waals surface area contributed by atoms with E-state index in [-0.39, 0.29) is 6.04 Å². The van der Waals surface area contributed by atoms with Gasteiger partial charge in [-0.1, -0.05) is 35.9 Å². The summed E-state index contributed by atoms with van der Waals surface area (Å²) in [6.45, 7) is 2.59. The molecule has 1 saturated heterocycles. The molecule has 1 aliphatic rings. The van der Waals surface area contributed by atoms with Gasteiger partial charge in [-0.2, -0.15) is 4.31 Å². The van der Waals surface area contributed by atoms with Gasteiger partial charge in [-0.3, -0.25) is 0 Å². The first kappa shape index (κ1) is 16.6. The Morgan fingerprint density at radius 2 is 1.78 bits per heavy atom. The molecular weight excluding hydrogens is 326 g/mol. The van der Waals surface area contributed by atoms with Crippen molar-refractivity contribution in [2.24, 2.45) is 0 Å². The van der Waals surface area contributed by atoms with Crippen LogP contribution in [0.1, 0.15) is 18.4 Å². The summed E-state index contributed by atoms with van der Waals surface area (Å²) in [4.78, 5) is 1.59. The van der Waals surface area contributed by atoms with E-state index in [1.54, 1.807) is 28.2 Å². The van der Waals surface area contributed by atoms with E-state index >= 15 is 0 Å². The lowest BCUT2D eigenvalue weighted by molar-refractivity contribution is 0.412. The van der Waals surface area contributed by atoms with Crippen LogP contribution in [0.4, 0.5) is 0 Å². The van der Waals surface area contributed by atoms with Crippen molar-refractivity contribution >= 4 is 21.8 Å². The third kappa shape index (κ3) is 3.79. The highest BCUT2D eigenvalue weighted by Crippen LogP contribution is 2.30. The highest BCUT2D eigenvalue weighted by Gasteiger charge is 2.35. The summed E-state index contributed by atoms with van der Waals surface area (Å²) in [5, 5.41) is 0. The first-order valence-electron chi connectivity index (χ1n) is 7.84. The third-order valence-corrected chi connectivity index (χ3v) is 7.26. The second-order valence-electron chi connectivity index (χ2n) is 5.85. The highest BCUT2D eigenvalue weighted by molar-refractivity contribution is 7.99. The van der Waals surface area contributed by atoms with Crippen molar-refractivity contribution in [3.63, 3.8) is 0 Å². The van der Waals surface area contributed by atoms with Crippen molar-refractivity contribution in [2.45, 2.75) is 35.6 Å². The van der Waals surface area contributed by atoms with Gasteiger partial charge >= 0.3 is 0 Å². The molecule has 122 valence electrons. The summed E-state index contributed by atoms with van der Waals surface area (Å²) < 4.78 is 27.5. The van der Waals surface area contributed by atoms with Crippen molar-refractivity contribution in [1.29, 1.82) is 0 Å². The molecular formula is C18H21NO2S2. The topological polar surface area (TPSA) is 37.4 Å². The monoisotopic (exact) mass is 347 g/mol. The molecule has 3 rings (SSSR count). The summed E-state index contributed by atoms with van der Waals surface area (Å²) in [6, 6.07) is 17.4. The Labute approximate surface area is 142 Å². The molecule has 3 nitrogen and oxygen atoms in total. The molecule has 0 saturated carbocycles. The van der Waals surface area contributed by atoms with E-state index in [4.69, 9.17) is 0 Å². The summed E-state index contributed by atoms with van der Waals surface area (Å²) in [6.07, 6.45) is 1.87. The fourth-order valence-electron chi connectivity index (χ4n) is 2.85. The zero-order valence-corrected chi connectivity index (χ0v) is 14.8. The average molecular weight is 348 g/mol. The van der Waals surface area contributed by atoms with Gasteiger partial charge in [0.05, 0.1) is 4.90 Å². The molecule has 0 aromatic heterocycles. The molecule has 2 aromatic rings. The summed E-state index contributed by atoms with van der Waals surface area (Å²) in [7, 11) is -3.39. The predicted molar refractivity (Wildman–Crippen MR) is 95.3 cm³/mol. The zero-order chi connectivity index (χ0) is 16.3. The van der Waals surface area contributed by atoms with E-state index in [0.29, 0.717) is 11.4 Å². The summed E-state index contributed by atoms with van der Waals surface area (Å²) in [5.74, 6) is 0.801. The Hall–Kier alpha value is -1.30. The Bertz CT molecular complexity index is 742. The minimum atomic E-state index is -3.39. The maximum absolute atomic E-state index is 12.9. The van der Waals surface area contributed by atoms with Crippen molar-refractivity contribution in [3.05, 3.63) is 60.2 Å². The van der Waals surface area contributed by atoms with Gasteiger partial charge in [-0.05, 0) is 44.0 Å². The number of sulfonamides is 1. The first-order valence-corrected chi connectivity index (χ1v) is 10.3. The molecule has 1 fully saturated rings. The van der Waals surface area contributed by atoms with Crippen LogP contribution < -0.4 is 0 Å². The number of hydrogen-bond donors (Lipinski definition) is 0. The van der Waals surface area contributed by atoms with Gasteiger partial charge in [0.2, 0.25) is 10.0 Å². The lowest BCUT2D eigenvalue weighted by Gasteiger charge is -2.24. The van der Waals surface area contributed by atoms with Crippen LogP contribution >= 0.6 is 11.8 Å². The van der Waals surface area contributed by atoms with Gasteiger partial charge in [0.1, 0.15) is 0 Å². The van der Waals surface area contributed by atoms with Crippen LogP contribution in [-0.2, 0) is 10.0 Å². The van der Waals surface area contributed by atoms with Crippen LogP contribution in [0.15, 0.2) is 64.4 Å². The fraction of sp³-hybridized carbons (Fsp3) is 0.333. The minimum Gasteiger partial charge on any atom is -0.207 e. The van der Waals surface area contributed by atoms with Crippen LogP contribution in [0.2, 0.25) is 0 Å². The minimum absolute atomic E-state index is 0.0755. The molecule has 0 spiro atoms. The number of rotatable bonds is 5. The Morgan fingerprint density at radius 3 is 2.48 bits per heavy atom. The zero-order valence-electron chi connectivity index (χ0n) is 13.2. The normalized spacial score (nSPS) is 19.1. The maximum atomic E-state index is 12.9. The number of nitrogens with zero attached hydrogens (tertiary/aromatic N) is 1. The van der Waals surface area contributed by atoms with Crippen LogP contribution in [0.25, 0.3) is 0 Å². The first-order chi connectivity index (χ1) is 11.1. The summed E-state index contributed by atoms with van der Waals surface area (Å²) >= 11 is 1.73. The molecule has 0 aliphatic carbocycles. The second-order valence-corrected chi connectivity index (χ2v) is 8.83. The largest absolute Gasteiger partial charge is 0.243 e. The Balaban J connectivity index is 1.74. The fourth-order valence-corrected chi connectivity index (χ4v) is 5.72. The molecule has 1 heterocycles. The number of aryl methyl sites for hydroxylation is 1. The van der Waals surface area contributed by atoms with Gasteiger partial charge in [0.25, 0.3) is 0 Å². The van der Waals surface area contributed by atoms with Crippen LogP contribution in [0, 0.1) is 6.92 Å². The molecule has 0 radical (unpaired) electrons. The molecule has 0 N–H and O–H groups in total. The molecule has 23 heavy (non-hydrogen) atoms. The van der Waals surface area contributed by atoms with E-state index in [1.165, 1.54) is 4.90 Å². The second kappa shape index (κ2) is 7.07. The van der Waals surface area contributed by atoms with E-state index in [1.807, 2.05) is 37.3 Å². The van der Waals surface area contributed by atoms with Crippen molar-refractivity contribution in [3.8, 4) is 0 Å². The number of benzene rings is 2. The standard InChI is InChI=1S/C18H21NO2S2/c1-15-9-11-18(12-10-15)23(20,21)19-13-5-6-16(19)14-22-17-7-3-2-4-8-17/h2-4,7-12,16H,5-6,13-14H2,1H3. The third-order valence-electron chi connectivity index (χ3n) is 4.14. The van der Waals surface area contributed by atoms with E-state index < -0.39 is 10.0 Å². The quantitative estimate of drug-likeness (QED) is 0.769. The molecule has 0 amide bonds. The summed E-state index contributed by atoms with van der Waals surface area (Å²) in [5.41, 5.74) is 1.07. The lowest BCUT2D eigenvalue weighted by Crippen LogP contribution is -2.36. The van der Waals surface area contributed by atoms with Gasteiger partial charge in [-0.15, -0.1) is 11.8 Å². The molecule has 1 atom stereocenters. The average Bonchev–Trinajstić information content (AvgIpc) is 3.04. The molecule has 1 unspecified atom stereocenters. The van der Waals surface area contributed by atoms with Gasteiger partial charge < -0.3 is 0 Å².